The van der Waals surface area contributed by atoms with Gasteiger partial charge in [0.25, 0.3) is 0 Å². The van der Waals surface area contributed by atoms with Gasteiger partial charge in [-0.05, 0) is 5.56 Å². The summed E-state index contributed by atoms with van der Waals surface area (Å²) < 4.78 is 7.56. The van der Waals surface area contributed by atoms with Crippen molar-refractivity contribution in [2.24, 2.45) is 0 Å². The van der Waals surface area contributed by atoms with Crippen LogP contribution in [0.5, 0.6) is 0 Å². The van der Waals surface area contributed by atoms with Crippen molar-refractivity contribution in [3.63, 3.8) is 0 Å². The van der Waals surface area contributed by atoms with Crippen LogP contribution in [0.3, 0.4) is 0 Å². The summed E-state index contributed by atoms with van der Waals surface area (Å²) in [6.45, 7) is 1.57. The fraction of sp³-hybridized carbons (Fsp3) is 0.300. The molecule has 1 aliphatic rings. The minimum atomic E-state index is -0.527. The highest BCUT2D eigenvalue weighted by Gasteiger charge is 2.36. The zero-order chi connectivity index (χ0) is 17.8. The molecule has 6 nitrogen and oxygen atoms in total. The summed E-state index contributed by atoms with van der Waals surface area (Å²) in [6, 6.07) is 20.0. The van der Waals surface area contributed by atoms with Crippen LogP contribution in [-0.2, 0) is 17.8 Å². The van der Waals surface area contributed by atoms with Gasteiger partial charge in [-0.15, -0.1) is 5.10 Å². The Labute approximate surface area is 152 Å². The summed E-state index contributed by atoms with van der Waals surface area (Å²) in [5.41, 5.74) is 3.04. The monoisotopic (exact) mass is 350 g/mol. The summed E-state index contributed by atoms with van der Waals surface area (Å²) in [4.78, 5) is 0. The molecule has 134 valence electrons. The molecule has 1 saturated heterocycles. The van der Waals surface area contributed by atoms with Crippen LogP contribution in [0.15, 0.2) is 66.9 Å². The fourth-order valence-corrected chi connectivity index (χ4v) is 3.26. The number of ether oxygens (including phenoxy) is 1. The summed E-state index contributed by atoms with van der Waals surface area (Å²) in [5.74, 6) is 0. The average molecular weight is 350 g/mol. The molecule has 3 atom stereocenters. The number of aliphatic hydroxyl groups excluding tert-OH is 1. The molecule has 26 heavy (non-hydrogen) atoms. The number of rotatable bonds is 6. The molecule has 0 amide bonds. The van der Waals surface area contributed by atoms with Crippen LogP contribution in [0, 0.1) is 0 Å². The third kappa shape index (κ3) is 3.83. The van der Waals surface area contributed by atoms with Crippen molar-refractivity contribution in [2.75, 3.05) is 6.61 Å². The van der Waals surface area contributed by atoms with Gasteiger partial charge in [-0.25, -0.2) is 4.68 Å². The molecule has 0 bridgehead atoms. The Morgan fingerprint density at radius 2 is 1.81 bits per heavy atom. The first kappa shape index (κ1) is 16.9. The van der Waals surface area contributed by atoms with Gasteiger partial charge >= 0.3 is 0 Å². The minimum Gasteiger partial charge on any atom is -0.389 e. The minimum absolute atomic E-state index is 0.139. The Hall–Kier alpha value is -2.54. The topological polar surface area (TPSA) is 72.2 Å². The van der Waals surface area contributed by atoms with E-state index in [1.807, 2.05) is 54.7 Å². The van der Waals surface area contributed by atoms with E-state index in [1.54, 1.807) is 4.68 Å². The molecule has 2 N–H and O–H groups in total. The van der Waals surface area contributed by atoms with Crippen molar-refractivity contribution < 1.29 is 9.84 Å². The van der Waals surface area contributed by atoms with Crippen LogP contribution in [0.1, 0.15) is 5.56 Å². The highest BCUT2D eigenvalue weighted by molar-refractivity contribution is 5.57. The van der Waals surface area contributed by atoms with Gasteiger partial charge < -0.3 is 15.2 Å². The van der Waals surface area contributed by atoms with Gasteiger partial charge in [0.05, 0.1) is 37.6 Å². The van der Waals surface area contributed by atoms with Crippen molar-refractivity contribution in [1.82, 2.24) is 20.3 Å². The molecule has 1 fully saturated rings. The molecule has 0 unspecified atom stereocenters. The van der Waals surface area contributed by atoms with Gasteiger partial charge in [0.2, 0.25) is 0 Å². The van der Waals surface area contributed by atoms with Gasteiger partial charge in [-0.2, -0.15) is 0 Å². The Morgan fingerprint density at radius 1 is 1.08 bits per heavy atom. The molecule has 6 heteroatoms. The van der Waals surface area contributed by atoms with Crippen molar-refractivity contribution in [3.8, 4) is 11.3 Å². The standard InChI is InChI=1S/C20H22N4O2/c25-18-14-26-19(20(18)21-11-15-7-3-1-4-8-15)13-24-12-17(22-23-24)16-9-5-2-6-10-16/h1-10,12,18-21,25H,11,13-14H2/t18-,19+,20+/m0/s1. The maximum atomic E-state index is 10.3. The van der Waals surface area contributed by atoms with E-state index in [0.29, 0.717) is 19.7 Å². The first-order valence-electron chi connectivity index (χ1n) is 8.82. The summed E-state index contributed by atoms with van der Waals surface area (Å²) in [6.07, 6.45) is 1.23. The number of nitrogens with zero attached hydrogens (tertiary/aromatic N) is 3. The number of benzene rings is 2. The van der Waals surface area contributed by atoms with Crippen molar-refractivity contribution >= 4 is 0 Å². The number of hydrogen-bond acceptors (Lipinski definition) is 5. The van der Waals surface area contributed by atoms with Crippen molar-refractivity contribution in [3.05, 3.63) is 72.4 Å². The van der Waals surface area contributed by atoms with E-state index in [0.717, 1.165) is 11.3 Å². The van der Waals surface area contributed by atoms with E-state index in [-0.39, 0.29) is 12.1 Å². The molecule has 1 aromatic heterocycles. The second-order valence-corrected chi connectivity index (χ2v) is 6.52. The van der Waals surface area contributed by atoms with E-state index in [9.17, 15) is 5.11 Å². The van der Waals surface area contributed by atoms with E-state index in [4.69, 9.17) is 4.74 Å². The van der Waals surface area contributed by atoms with Gasteiger partial charge in [-0.3, -0.25) is 0 Å². The van der Waals surface area contributed by atoms with Crippen molar-refractivity contribution in [2.45, 2.75) is 31.3 Å². The third-order valence-corrected chi connectivity index (χ3v) is 4.66. The molecular formula is C20H22N4O2. The average Bonchev–Trinajstić information content (AvgIpc) is 3.29. The van der Waals surface area contributed by atoms with E-state index >= 15 is 0 Å². The van der Waals surface area contributed by atoms with Crippen LogP contribution in [0.2, 0.25) is 0 Å². The Morgan fingerprint density at radius 3 is 2.58 bits per heavy atom. The second-order valence-electron chi connectivity index (χ2n) is 6.52. The molecule has 4 rings (SSSR count). The molecule has 0 spiro atoms. The Kier molecular flexibility index (Phi) is 5.06. The van der Waals surface area contributed by atoms with Gasteiger partial charge in [0.1, 0.15) is 5.69 Å². The zero-order valence-corrected chi connectivity index (χ0v) is 14.4. The smallest absolute Gasteiger partial charge is 0.113 e. The molecular weight excluding hydrogens is 328 g/mol. The summed E-state index contributed by atoms with van der Waals surface area (Å²) >= 11 is 0. The molecule has 0 saturated carbocycles. The summed E-state index contributed by atoms with van der Waals surface area (Å²) in [7, 11) is 0. The Balaban J connectivity index is 1.41. The lowest BCUT2D eigenvalue weighted by Gasteiger charge is -2.21. The lowest BCUT2D eigenvalue weighted by atomic mass is 10.1. The van der Waals surface area contributed by atoms with Crippen LogP contribution in [0.25, 0.3) is 11.3 Å². The molecule has 1 aliphatic heterocycles. The highest BCUT2D eigenvalue weighted by atomic mass is 16.5. The maximum absolute atomic E-state index is 10.3. The van der Waals surface area contributed by atoms with E-state index in [2.05, 4.69) is 27.8 Å². The lowest BCUT2D eigenvalue weighted by Crippen LogP contribution is -2.44. The van der Waals surface area contributed by atoms with E-state index < -0.39 is 6.10 Å². The van der Waals surface area contributed by atoms with Gasteiger partial charge in [-0.1, -0.05) is 65.9 Å². The fourth-order valence-electron chi connectivity index (χ4n) is 3.26. The quantitative estimate of drug-likeness (QED) is 0.710. The molecule has 2 heterocycles. The van der Waals surface area contributed by atoms with Crippen LogP contribution >= 0.6 is 0 Å². The van der Waals surface area contributed by atoms with Crippen LogP contribution in [0.4, 0.5) is 0 Å². The highest BCUT2D eigenvalue weighted by Crippen LogP contribution is 2.19. The zero-order valence-electron chi connectivity index (χ0n) is 14.4. The van der Waals surface area contributed by atoms with Gasteiger partial charge in [0, 0.05) is 12.1 Å². The number of aromatic nitrogens is 3. The van der Waals surface area contributed by atoms with E-state index in [1.165, 1.54) is 5.56 Å². The molecule has 2 aromatic carbocycles. The number of aliphatic hydroxyl groups is 1. The third-order valence-electron chi connectivity index (χ3n) is 4.66. The first-order chi connectivity index (χ1) is 12.8. The van der Waals surface area contributed by atoms with Crippen LogP contribution < -0.4 is 5.32 Å². The van der Waals surface area contributed by atoms with Gasteiger partial charge in [0.15, 0.2) is 0 Å². The summed E-state index contributed by atoms with van der Waals surface area (Å²) in [5, 5.41) is 22.1. The van der Waals surface area contributed by atoms with Crippen molar-refractivity contribution in [1.29, 1.82) is 0 Å². The maximum Gasteiger partial charge on any atom is 0.113 e. The molecule has 3 aromatic rings. The predicted octanol–water partition coefficient (Wildman–Crippen LogP) is 1.86. The first-order valence-corrected chi connectivity index (χ1v) is 8.82. The normalized spacial score (nSPS) is 22.6. The molecule has 0 aliphatic carbocycles. The number of nitrogens with one attached hydrogen (secondary N) is 1. The van der Waals surface area contributed by atoms with Crippen LogP contribution in [-0.4, -0.2) is 45.0 Å². The lowest BCUT2D eigenvalue weighted by molar-refractivity contribution is 0.0741. The predicted molar refractivity (Wildman–Crippen MR) is 98.3 cm³/mol. The SMILES string of the molecule is O[C@H]1CO[C@H](Cn2cc(-c3ccccc3)nn2)[C@@H]1NCc1ccccc1. The molecule has 0 radical (unpaired) electrons. The largest absolute Gasteiger partial charge is 0.389 e. The second kappa shape index (κ2) is 7.78. The Bertz CT molecular complexity index is 822. The number of hydrogen-bond donors (Lipinski definition) is 2.